The van der Waals surface area contributed by atoms with Crippen LogP contribution in [0.1, 0.15) is 57.8 Å². The number of nitrogens with two attached hydrogens (primary N) is 1. The number of unbranched alkanes of at least 4 members (excludes halogenated alkanes) is 3. The lowest BCUT2D eigenvalue weighted by atomic mass is 9.84. The van der Waals surface area contributed by atoms with E-state index >= 15 is 0 Å². The van der Waals surface area contributed by atoms with Gasteiger partial charge >= 0.3 is 5.97 Å². The van der Waals surface area contributed by atoms with Gasteiger partial charge in [0.25, 0.3) is 0 Å². The highest BCUT2D eigenvalue weighted by Gasteiger charge is 2.31. The summed E-state index contributed by atoms with van der Waals surface area (Å²) in [6, 6.07) is -0.178. The van der Waals surface area contributed by atoms with Gasteiger partial charge in [0.2, 0.25) is 5.91 Å². The third-order valence-electron chi connectivity index (χ3n) is 3.79. The van der Waals surface area contributed by atoms with Gasteiger partial charge in [-0.15, -0.1) is 0 Å². The number of carbonyl (C=O) groups is 2. The Hall–Kier alpha value is -1.10. The molecular formula is C14H26N2O3. The zero-order valence-corrected chi connectivity index (χ0v) is 11.6. The van der Waals surface area contributed by atoms with Crippen LogP contribution in [0.25, 0.3) is 0 Å². The van der Waals surface area contributed by atoms with Gasteiger partial charge in [-0.1, -0.05) is 25.7 Å². The second-order valence-electron chi connectivity index (χ2n) is 5.36. The average molecular weight is 270 g/mol. The molecule has 1 aliphatic carbocycles. The molecule has 0 aromatic heterocycles. The fourth-order valence-corrected chi connectivity index (χ4v) is 2.66. The molecule has 2 atom stereocenters. The van der Waals surface area contributed by atoms with Crippen LogP contribution < -0.4 is 11.1 Å². The van der Waals surface area contributed by atoms with Gasteiger partial charge in [0.1, 0.15) is 0 Å². The molecule has 1 aliphatic rings. The summed E-state index contributed by atoms with van der Waals surface area (Å²) in [5.74, 6) is -1.20. The highest BCUT2D eigenvalue weighted by Crippen LogP contribution is 2.24. The molecule has 1 fully saturated rings. The van der Waals surface area contributed by atoms with Crippen molar-refractivity contribution >= 4 is 11.9 Å². The lowest BCUT2D eigenvalue weighted by Crippen LogP contribution is -2.45. The van der Waals surface area contributed by atoms with Gasteiger partial charge in [0.15, 0.2) is 0 Å². The first-order chi connectivity index (χ1) is 9.15. The molecule has 0 spiro atoms. The number of carboxylic acid groups (broad SMARTS) is 1. The van der Waals surface area contributed by atoms with Gasteiger partial charge in [0.05, 0.1) is 5.92 Å². The Morgan fingerprint density at radius 3 is 2.47 bits per heavy atom. The maximum atomic E-state index is 11.8. The summed E-state index contributed by atoms with van der Waals surface area (Å²) < 4.78 is 0. The van der Waals surface area contributed by atoms with Gasteiger partial charge < -0.3 is 16.2 Å². The van der Waals surface area contributed by atoms with Crippen molar-refractivity contribution in [3.05, 3.63) is 0 Å². The molecule has 2 unspecified atom stereocenters. The predicted molar refractivity (Wildman–Crippen MR) is 73.7 cm³/mol. The molecular weight excluding hydrogens is 244 g/mol. The first-order valence-electron chi connectivity index (χ1n) is 7.37. The zero-order chi connectivity index (χ0) is 14.1. The number of amides is 1. The normalized spacial score (nSPS) is 23.0. The van der Waals surface area contributed by atoms with E-state index in [2.05, 4.69) is 5.32 Å². The van der Waals surface area contributed by atoms with Crippen molar-refractivity contribution in [1.29, 1.82) is 0 Å². The number of rotatable bonds is 8. The van der Waals surface area contributed by atoms with Gasteiger partial charge in [-0.05, 0) is 32.2 Å². The Labute approximate surface area is 114 Å². The van der Waals surface area contributed by atoms with Crippen molar-refractivity contribution in [3.8, 4) is 0 Å². The number of nitrogens with one attached hydrogen (secondary N) is 1. The monoisotopic (exact) mass is 270 g/mol. The molecule has 0 aliphatic heterocycles. The summed E-state index contributed by atoms with van der Waals surface area (Å²) in [6.45, 7) is 0.703. The summed E-state index contributed by atoms with van der Waals surface area (Å²) in [6.07, 6.45) is 7.85. The topological polar surface area (TPSA) is 92.4 Å². The number of carbonyl (C=O) groups excluding carboxylic acids is 1. The maximum absolute atomic E-state index is 11.8. The molecule has 4 N–H and O–H groups in total. The Morgan fingerprint density at radius 2 is 1.79 bits per heavy atom. The summed E-state index contributed by atoms with van der Waals surface area (Å²) in [5, 5.41) is 12.0. The second-order valence-corrected chi connectivity index (χ2v) is 5.36. The molecule has 1 amide bonds. The average Bonchev–Trinajstić information content (AvgIpc) is 2.39. The van der Waals surface area contributed by atoms with Gasteiger partial charge in [-0.2, -0.15) is 0 Å². The largest absolute Gasteiger partial charge is 0.481 e. The number of aliphatic carboxylic acids is 1. The van der Waals surface area contributed by atoms with E-state index in [0.29, 0.717) is 19.4 Å². The van der Waals surface area contributed by atoms with E-state index in [1.807, 2.05) is 0 Å². The minimum absolute atomic E-state index is 0.00843. The van der Waals surface area contributed by atoms with Crippen LogP contribution in [0.4, 0.5) is 0 Å². The summed E-state index contributed by atoms with van der Waals surface area (Å²) >= 11 is 0. The first-order valence-corrected chi connectivity index (χ1v) is 7.37. The second kappa shape index (κ2) is 8.91. The van der Waals surface area contributed by atoms with Gasteiger partial charge in [-0.25, -0.2) is 0 Å². The molecule has 5 nitrogen and oxygen atoms in total. The van der Waals surface area contributed by atoms with Crippen LogP contribution in [-0.4, -0.2) is 29.6 Å². The highest BCUT2D eigenvalue weighted by atomic mass is 16.4. The molecule has 0 saturated heterocycles. The van der Waals surface area contributed by atoms with Gasteiger partial charge in [0, 0.05) is 12.5 Å². The van der Waals surface area contributed by atoms with E-state index in [-0.39, 0.29) is 11.9 Å². The Kier molecular flexibility index (Phi) is 7.48. The quantitative estimate of drug-likeness (QED) is 0.585. The zero-order valence-electron chi connectivity index (χ0n) is 11.6. The van der Waals surface area contributed by atoms with Crippen molar-refractivity contribution in [3.63, 3.8) is 0 Å². The Balaban J connectivity index is 2.24. The third-order valence-corrected chi connectivity index (χ3v) is 3.79. The summed E-state index contributed by atoms with van der Waals surface area (Å²) in [4.78, 5) is 22.9. The fraction of sp³-hybridized carbons (Fsp3) is 0.857. The smallest absolute Gasteiger partial charge is 0.308 e. The fourth-order valence-electron chi connectivity index (χ4n) is 2.66. The van der Waals surface area contributed by atoms with E-state index in [0.717, 1.165) is 44.9 Å². The molecule has 1 rings (SSSR count). The summed E-state index contributed by atoms with van der Waals surface area (Å²) in [5.41, 5.74) is 5.40. The molecule has 0 radical (unpaired) electrons. The minimum atomic E-state index is -0.784. The first kappa shape index (κ1) is 16.0. The molecule has 0 aromatic carbocycles. The molecule has 110 valence electrons. The molecule has 5 heteroatoms. The predicted octanol–water partition coefficient (Wildman–Crippen LogP) is 1.66. The van der Waals surface area contributed by atoms with E-state index in [1.54, 1.807) is 0 Å². The molecule has 0 heterocycles. The standard InChI is InChI=1S/C14H26N2O3/c15-10-6-2-1-3-9-13(17)16-12-8-5-4-7-11(12)14(18)19/h11-12H,1-10,15H2,(H,16,17)(H,18,19). The van der Waals surface area contributed by atoms with E-state index in [9.17, 15) is 9.59 Å². The molecule has 0 aromatic rings. The highest BCUT2D eigenvalue weighted by molar-refractivity contribution is 5.78. The van der Waals surface area contributed by atoms with Crippen LogP contribution in [0.5, 0.6) is 0 Å². The van der Waals surface area contributed by atoms with Crippen LogP contribution in [0, 0.1) is 5.92 Å². The van der Waals surface area contributed by atoms with Gasteiger partial charge in [-0.3, -0.25) is 9.59 Å². The number of hydrogen-bond acceptors (Lipinski definition) is 3. The number of hydrogen-bond donors (Lipinski definition) is 3. The summed E-state index contributed by atoms with van der Waals surface area (Å²) in [7, 11) is 0. The Bertz CT molecular complexity index is 294. The van der Waals surface area contributed by atoms with Crippen molar-refractivity contribution in [2.24, 2.45) is 11.7 Å². The Morgan fingerprint density at radius 1 is 1.11 bits per heavy atom. The SMILES string of the molecule is NCCCCCCC(=O)NC1CCCCC1C(=O)O. The van der Waals surface area contributed by atoms with Crippen LogP contribution in [0.2, 0.25) is 0 Å². The molecule has 0 bridgehead atoms. The van der Waals surface area contributed by atoms with Crippen molar-refractivity contribution in [2.75, 3.05) is 6.54 Å². The van der Waals surface area contributed by atoms with E-state index < -0.39 is 11.9 Å². The van der Waals surface area contributed by atoms with Crippen LogP contribution >= 0.6 is 0 Å². The van der Waals surface area contributed by atoms with Crippen LogP contribution in [0.3, 0.4) is 0 Å². The molecule has 19 heavy (non-hydrogen) atoms. The lowest BCUT2D eigenvalue weighted by molar-refractivity contribution is -0.144. The van der Waals surface area contributed by atoms with Crippen LogP contribution in [0.15, 0.2) is 0 Å². The molecule has 1 saturated carbocycles. The maximum Gasteiger partial charge on any atom is 0.308 e. The lowest BCUT2D eigenvalue weighted by Gasteiger charge is -2.29. The van der Waals surface area contributed by atoms with E-state index in [4.69, 9.17) is 10.8 Å². The van der Waals surface area contributed by atoms with Crippen molar-refractivity contribution in [2.45, 2.75) is 63.8 Å². The van der Waals surface area contributed by atoms with Crippen molar-refractivity contribution in [1.82, 2.24) is 5.32 Å². The third kappa shape index (κ3) is 6.05. The van der Waals surface area contributed by atoms with E-state index in [1.165, 1.54) is 0 Å². The minimum Gasteiger partial charge on any atom is -0.481 e. The van der Waals surface area contributed by atoms with Crippen molar-refractivity contribution < 1.29 is 14.7 Å². The number of carboxylic acids is 1. The van der Waals surface area contributed by atoms with Crippen LogP contribution in [-0.2, 0) is 9.59 Å².